The first-order chi connectivity index (χ1) is 13.1. The fraction of sp³-hybridized carbons (Fsp3) is 0.333. The molecule has 0 unspecified atom stereocenters. The highest BCUT2D eigenvalue weighted by atomic mass is 35.5. The van der Waals surface area contributed by atoms with Gasteiger partial charge in [-0.1, -0.05) is 28.2 Å². The van der Waals surface area contributed by atoms with Crippen LogP contribution in [-0.4, -0.2) is 56.5 Å². The highest BCUT2D eigenvalue weighted by molar-refractivity contribution is 7.10. The van der Waals surface area contributed by atoms with Crippen LogP contribution in [-0.2, 0) is 6.54 Å². The Balaban J connectivity index is 1.34. The van der Waals surface area contributed by atoms with Gasteiger partial charge in [-0.25, -0.2) is 4.98 Å². The van der Waals surface area contributed by atoms with E-state index in [2.05, 4.69) is 19.9 Å². The lowest BCUT2D eigenvalue weighted by Crippen LogP contribution is -2.48. The fourth-order valence-electron chi connectivity index (χ4n) is 3.01. The van der Waals surface area contributed by atoms with Crippen molar-refractivity contribution in [1.82, 2.24) is 24.4 Å². The van der Waals surface area contributed by atoms with Gasteiger partial charge in [-0.3, -0.25) is 9.69 Å². The first-order valence-corrected chi connectivity index (χ1v) is 10.6. The number of carbonyl (C=O) groups excluding carboxylic acids is 1. The van der Waals surface area contributed by atoms with Crippen molar-refractivity contribution < 1.29 is 4.79 Å². The Morgan fingerprint density at radius 1 is 1.19 bits per heavy atom. The second-order valence-electron chi connectivity index (χ2n) is 6.39. The van der Waals surface area contributed by atoms with Gasteiger partial charge in [-0.2, -0.15) is 0 Å². The second-order valence-corrected chi connectivity index (χ2v) is 8.52. The minimum Gasteiger partial charge on any atom is -0.335 e. The first-order valence-electron chi connectivity index (χ1n) is 8.61. The molecule has 6 nitrogen and oxygen atoms in total. The highest BCUT2D eigenvalue weighted by Gasteiger charge is 2.25. The molecule has 2 aromatic heterocycles. The number of piperazine rings is 1. The molecule has 27 heavy (non-hydrogen) atoms. The maximum Gasteiger partial charge on any atom is 0.267 e. The summed E-state index contributed by atoms with van der Waals surface area (Å²) < 4.78 is 3.86. The fourth-order valence-corrected chi connectivity index (χ4v) is 4.60. The minimum atomic E-state index is 0.0430. The van der Waals surface area contributed by atoms with E-state index in [9.17, 15) is 4.79 Å². The van der Waals surface area contributed by atoms with Crippen LogP contribution in [0.5, 0.6) is 0 Å². The molecule has 1 saturated heterocycles. The molecule has 3 heterocycles. The SMILES string of the molecule is Cc1nnsc1C(=O)N1CCN(Cc2nc(-c3ccc(Cl)cc3)cs2)CC1. The lowest BCUT2D eigenvalue weighted by molar-refractivity contribution is 0.0632. The standard InChI is InChI=1S/C18H18ClN5OS2/c1-12-17(27-22-21-12)18(25)24-8-6-23(7-9-24)10-16-20-15(11-26-16)13-2-4-14(19)5-3-13/h2-5,11H,6-10H2,1H3. The van der Waals surface area contributed by atoms with Crippen LogP contribution < -0.4 is 0 Å². The summed E-state index contributed by atoms with van der Waals surface area (Å²) in [5.74, 6) is 0.0430. The Bertz CT molecular complexity index is 931. The molecule has 0 N–H and O–H groups in total. The lowest BCUT2D eigenvalue weighted by atomic mass is 10.2. The maximum absolute atomic E-state index is 12.5. The molecule has 9 heteroatoms. The van der Waals surface area contributed by atoms with Crippen LogP contribution >= 0.6 is 34.5 Å². The van der Waals surface area contributed by atoms with Crippen molar-refractivity contribution in [1.29, 1.82) is 0 Å². The summed E-state index contributed by atoms with van der Waals surface area (Å²) in [5, 5.41) is 7.83. The molecule has 1 aliphatic heterocycles. The van der Waals surface area contributed by atoms with E-state index < -0.39 is 0 Å². The summed E-state index contributed by atoms with van der Waals surface area (Å²) in [6, 6.07) is 7.74. The van der Waals surface area contributed by atoms with Crippen LogP contribution in [0.25, 0.3) is 11.3 Å². The molecule has 0 bridgehead atoms. The first kappa shape index (κ1) is 18.5. The number of thiazole rings is 1. The van der Waals surface area contributed by atoms with Gasteiger partial charge in [0.25, 0.3) is 5.91 Å². The van der Waals surface area contributed by atoms with Crippen LogP contribution in [0, 0.1) is 6.92 Å². The lowest BCUT2D eigenvalue weighted by Gasteiger charge is -2.34. The molecule has 1 fully saturated rings. The van der Waals surface area contributed by atoms with Crippen molar-refractivity contribution in [2.45, 2.75) is 13.5 Å². The third-order valence-corrected chi connectivity index (χ3v) is 6.46. The Morgan fingerprint density at radius 2 is 1.93 bits per heavy atom. The van der Waals surface area contributed by atoms with Crippen molar-refractivity contribution in [2.75, 3.05) is 26.2 Å². The minimum absolute atomic E-state index is 0.0430. The molecule has 0 aliphatic carbocycles. The van der Waals surface area contributed by atoms with Crippen LogP contribution in [0.1, 0.15) is 20.4 Å². The van der Waals surface area contributed by atoms with Gasteiger partial charge in [-0.05, 0) is 30.6 Å². The van der Waals surface area contributed by atoms with Gasteiger partial charge in [-0.15, -0.1) is 16.4 Å². The van der Waals surface area contributed by atoms with E-state index in [-0.39, 0.29) is 5.91 Å². The van der Waals surface area contributed by atoms with Crippen LogP contribution in [0.3, 0.4) is 0 Å². The Hall–Kier alpha value is -1.87. The molecular formula is C18H18ClN5OS2. The average molecular weight is 420 g/mol. The van der Waals surface area contributed by atoms with E-state index in [1.807, 2.05) is 36.1 Å². The molecule has 0 spiro atoms. The normalized spacial score (nSPS) is 15.3. The predicted molar refractivity (Wildman–Crippen MR) is 108 cm³/mol. The van der Waals surface area contributed by atoms with E-state index in [4.69, 9.17) is 16.6 Å². The predicted octanol–water partition coefficient (Wildman–Crippen LogP) is 3.58. The van der Waals surface area contributed by atoms with Crippen molar-refractivity contribution in [3.8, 4) is 11.3 Å². The van der Waals surface area contributed by atoms with Crippen LogP contribution in [0.4, 0.5) is 0 Å². The number of hydrogen-bond acceptors (Lipinski definition) is 7. The number of rotatable bonds is 4. The van der Waals surface area contributed by atoms with Gasteiger partial charge >= 0.3 is 0 Å². The number of hydrogen-bond donors (Lipinski definition) is 0. The van der Waals surface area contributed by atoms with Gasteiger partial charge in [0.15, 0.2) is 0 Å². The molecule has 1 aliphatic rings. The van der Waals surface area contributed by atoms with Gasteiger partial charge in [0.05, 0.1) is 17.9 Å². The smallest absolute Gasteiger partial charge is 0.267 e. The van der Waals surface area contributed by atoms with Crippen LogP contribution in [0.15, 0.2) is 29.6 Å². The largest absolute Gasteiger partial charge is 0.335 e. The molecule has 3 aromatic rings. The number of benzene rings is 1. The summed E-state index contributed by atoms with van der Waals surface area (Å²) in [7, 11) is 0. The third kappa shape index (κ3) is 4.19. The molecule has 4 rings (SSSR count). The summed E-state index contributed by atoms with van der Waals surface area (Å²) in [5.41, 5.74) is 2.77. The maximum atomic E-state index is 12.5. The number of carbonyl (C=O) groups is 1. The van der Waals surface area contributed by atoms with E-state index in [0.29, 0.717) is 23.7 Å². The third-order valence-electron chi connectivity index (χ3n) is 4.56. The zero-order valence-corrected chi connectivity index (χ0v) is 17.1. The summed E-state index contributed by atoms with van der Waals surface area (Å²) in [4.78, 5) is 22.2. The zero-order valence-electron chi connectivity index (χ0n) is 14.8. The molecular weight excluding hydrogens is 402 g/mol. The summed E-state index contributed by atoms with van der Waals surface area (Å²) in [6.45, 7) is 5.74. The van der Waals surface area contributed by atoms with Crippen molar-refractivity contribution in [3.05, 3.63) is 50.2 Å². The number of amides is 1. The van der Waals surface area contributed by atoms with Gasteiger partial charge < -0.3 is 4.90 Å². The van der Waals surface area contributed by atoms with Gasteiger partial charge in [0, 0.05) is 42.1 Å². The highest BCUT2D eigenvalue weighted by Crippen LogP contribution is 2.24. The summed E-state index contributed by atoms with van der Waals surface area (Å²) >= 11 is 8.79. The van der Waals surface area contributed by atoms with Gasteiger partial charge in [0.2, 0.25) is 0 Å². The van der Waals surface area contributed by atoms with E-state index in [1.54, 1.807) is 11.3 Å². The molecule has 0 radical (unpaired) electrons. The molecule has 0 saturated carbocycles. The number of aryl methyl sites for hydroxylation is 1. The average Bonchev–Trinajstić information content (AvgIpc) is 3.31. The summed E-state index contributed by atoms with van der Waals surface area (Å²) in [6.07, 6.45) is 0. The van der Waals surface area contributed by atoms with Crippen LogP contribution in [0.2, 0.25) is 5.02 Å². The molecule has 1 aromatic carbocycles. The topological polar surface area (TPSA) is 62.2 Å². The van der Waals surface area contributed by atoms with E-state index in [0.717, 1.165) is 40.9 Å². The monoisotopic (exact) mass is 419 g/mol. The molecule has 0 atom stereocenters. The Morgan fingerprint density at radius 3 is 2.59 bits per heavy atom. The van der Waals surface area contributed by atoms with Crippen molar-refractivity contribution in [2.24, 2.45) is 0 Å². The second kappa shape index (κ2) is 8.02. The van der Waals surface area contributed by atoms with E-state index in [1.165, 1.54) is 11.5 Å². The van der Waals surface area contributed by atoms with Crippen molar-refractivity contribution in [3.63, 3.8) is 0 Å². The van der Waals surface area contributed by atoms with Crippen molar-refractivity contribution >= 4 is 40.4 Å². The Kier molecular flexibility index (Phi) is 5.49. The quantitative estimate of drug-likeness (QED) is 0.646. The van der Waals surface area contributed by atoms with E-state index >= 15 is 0 Å². The number of halogens is 1. The number of nitrogens with zero attached hydrogens (tertiary/aromatic N) is 5. The van der Waals surface area contributed by atoms with Gasteiger partial charge in [0.1, 0.15) is 9.88 Å². The number of aromatic nitrogens is 3. The molecule has 1 amide bonds. The zero-order chi connectivity index (χ0) is 18.8. The molecule has 140 valence electrons. The Labute approximate surface area is 170 Å².